The molecule has 0 saturated heterocycles. The third kappa shape index (κ3) is 8.29. The normalized spacial score (nSPS) is 15.6. The van der Waals surface area contributed by atoms with Crippen molar-refractivity contribution in [1.82, 2.24) is 0 Å². The van der Waals surface area contributed by atoms with E-state index in [9.17, 15) is 14.4 Å². The van der Waals surface area contributed by atoms with Gasteiger partial charge < -0.3 is 30.0 Å². The second kappa shape index (κ2) is 11.4. The largest absolute Gasteiger partial charge is 0.475 e. The second-order valence-electron chi connectivity index (χ2n) is 3.10. The smallest absolute Gasteiger partial charge is 0.379 e. The topological polar surface area (TPSA) is 195 Å². The minimum absolute atomic E-state index is 0. The van der Waals surface area contributed by atoms with Crippen molar-refractivity contribution in [3.63, 3.8) is 0 Å². The predicted molar refractivity (Wildman–Crippen MR) is 56.9 cm³/mol. The first-order valence-corrected chi connectivity index (χ1v) is 5.22. The van der Waals surface area contributed by atoms with Crippen molar-refractivity contribution >= 4 is 17.9 Å². The molecule has 3 rings (SSSR count). The Bertz CT molecular complexity index is 497. The summed E-state index contributed by atoms with van der Waals surface area (Å²) in [4.78, 5) is 53.3. The first kappa shape index (κ1) is 21.8. The number of carboxylic acids is 3. The molecule has 15 nitrogen and oxygen atoms in total. The summed E-state index contributed by atoms with van der Waals surface area (Å²) in [6.07, 6.45) is 2.55. The van der Waals surface area contributed by atoms with Gasteiger partial charge in [-0.25, -0.2) is 14.4 Å². The SMILES string of the molecule is O=C(O)C1=COOO1.O=C(O)C1=COOO1.O=C(O)C1=COOO1.[Co]. The zero-order valence-electron chi connectivity index (χ0n) is 11.3. The summed E-state index contributed by atoms with van der Waals surface area (Å²) >= 11 is 0. The fourth-order valence-electron chi connectivity index (χ4n) is 0.676. The monoisotopic (exact) mass is 413 g/mol. The minimum atomic E-state index is -1.22. The zero-order valence-corrected chi connectivity index (χ0v) is 12.3. The van der Waals surface area contributed by atoms with Crippen LogP contribution in [0.25, 0.3) is 0 Å². The molecule has 0 fully saturated rings. The zero-order chi connectivity index (χ0) is 17.9. The van der Waals surface area contributed by atoms with Gasteiger partial charge in [-0.1, -0.05) is 0 Å². The van der Waals surface area contributed by atoms with Gasteiger partial charge in [0.05, 0.1) is 0 Å². The van der Waals surface area contributed by atoms with Gasteiger partial charge in [0.2, 0.25) is 0 Å². The maximum atomic E-state index is 9.85. The van der Waals surface area contributed by atoms with Gasteiger partial charge in [-0.15, -0.1) is 0 Å². The molecule has 0 unspecified atom stereocenters. The third-order valence-corrected chi connectivity index (χ3v) is 1.59. The average molecular weight is 413 g/mol. The Morgan fingerprint density at radius 1 is 0.600 bits per heavy atom. The molecular weight excluding hydrogens is 407 g/mol. The van der Waals surface area contributed by atoms with Crippen LogP contribution in [-0.2, 0) is 75.6 Å². The molecule has 0 aromatic rings. The Kier molecular flexibility index (Phi) is 9.92. The molecule has 141 valence electrons. The maximum absolute atomic E-state index is 9.85. The molecule has 0 saturated carbocycles. The van der Waals surface area contributed by atoms with Crippen LogP contribution in [0.5, 0.6) is 0 Å². The van der Waals surface area contributed by atoms with Crippen LogP contribution >= 0.6 is 0 Å². The molecular formula is C9H6CoO15. The molecule has 25 heavy (non-hydrogen) atoms. The van der Waals surface area contributed by atoms with Gasteiger partial charge in [0.15, 0.2) is 18.8 Å². The van der Waals surface area contributed by atoms with Crippen molar-refractivity contribution in [2.45, 2.75) is 0 Å². The van der Waals surface area contributed by atoms with Crippen LogP contribution in [-0.4, -0.2) is 33.2 Å². The predicted octanol–water partition coefficient (Wildman–Crippen LogP) is -0.585. The fourth-order valence-corrected chi connectivity index (χ4v) is 0.676. The molecule has 16 heteroatoms. The van der Waals surface area contributed by atoms with E-state index in [1.54, 1.807) is 0 Å². The van der Waals surface area contributed by atoms with E-state index in [1.165, 1.54) is 0 Å². The van der Waals surface area contributed by atoms with Crippen molar-refractivity contribution in [3.8, 4) is 0 Å². The van der Waals surface area contributed by atoms with Crippen molar-refractivity contribution in [2.24, 2.45) is 0 Å². The van der Waals surface area contributed by atoms with Crippen molar-refractivity contribution in [3.05, 3.63) is 36.1 Å². The molecule has 0 bridgehead atoms. The fraction of sp³-hybridized carbons (Fsp3) is 0. The Balaban J connectivity index is 0.000000339. The molecule has 3 aliphatic heterocycles. The van der Waals surface area contributed by atoms with Gasteiger partial charge in [0, 0.05) is 31.9 Å². The van der Waals surface area contributed by atoms with Gasteiger partial charge in [0.1, 0.15) is 0 Å². The molecule has 0 aliphatic carbocycles. The average Bonchev–Trinajstić information content (AvgIpc) is 3.29. The Morgan fingerprint density at radius 3 is 0.920 bits per heavy atom. The van der Waals surface area contributed by atoms with E-state index in [0.717, 1.165) is 18.8 Å². The summed E-state index contributed by atoms with van der Waals surface area (Å²) in [6.45, 7) is 0. The van der Waals surface area contributed by atoms with Crippen molar-refractivity contribution in [2.75, 3.05) is 0 Å². The summed E-state index contributed by atoms with van der Waals surface area (Å²) in [5.41, 5.74) is 0. The van der Waals surface area contributed by atoms with E-state index in [-0.39, 0.29) is 34.1 Å². The van der Waals surface area contributed by atoms with Gasteiger partial charge in [-0.05, 0) is 0 Å². The second-order valence-corrected chi connectivity index (χ2v) is 3.10. The van der Waals surface area contributed by atoms with Crippen LogP contribution in [0.3, 0.4) is 0 Å². The van der Waals surface area contributed by atoms with Gasteiger partial charge >= 0.3 is 17.9 Å². The molecule has 3 aliphatic rings. The van der Waals surface area contributed by atoms with Crippen LogP contribution < -0.4 is 0 Å². The van der Waals surface area contributed by atoms with E-state index >= 15 is 0 Å². The van der Waals surface area contributed by atoms with E-state index in [1.807, 2.05) is 0 Å². The van der Waals surface area contributed by atoms with Crippen LogP contribution in [0, 0.1) is 0 Å². The molecule has 1 radical (unpaired) electrons. The van der Waals surface area contributed by atoms with Gasteiger partial charge in [-0.2, -0.15) is 0 Å². The molecule has 3 N–H and O–H groups in total. The summed E-state index contributed by atoms with van der Waals surface area (Å²) in [5, 5.41) is 35.4. The summed E-state index contributed by atoms with van der Waals surface area (Å²) < 4.78 is 0. The van der Waals surface area contributed by atoms with Crippen LogP contribution in [0.2, 0.25) is 0 Å². The Labute approximate surface area is 145 Å². The molecule has 0 spiro atoms. The van der Waals surface area contributed by atoms with E-state index in [0.29, 0.717) is 0 Å². The van der Waals surface area contributed by atoms with Crippen LogP contribution in [0.15, 0.2) is 36.1 Å². The molecule has 0 aromatic heterocycles. The number of hydrogen-bond donors (Lipinski definition) is 3. The van der Waals surface area contributed by atoms with Crippen LogP contribution in [0.4, 0.5) is 0 Å². The molecule has 3 heterocycles. The Morgan fingerprint density at radius 2 is 0.840 bits per heavy atom. The standard InChI is InChI=1S/3C3H2O5.Co/c3*4-3(5)2-1-6-8-7-2;/h3*1H,(H,4,5);. The van der Waals surface area contributed by atoms with Crippen LogP contribution in [0.1, 0.15) is 0 Å². The quantitative estimate of drug-likeness (QED) is 0.497. The van der Waals surface area contributed by atoms with E-state index in [4.69, 9.17) is 15.3 Å². The first-order chi connectivity index (χ1) is 11.4. The molecule has 0 aromatic carbocycles. The van der Waals surface area contributed by atoms with Crippen molar-refractivity contribution in [1.29, 1.82) is 0 Å². The Hall–Kier alpha value is -3.18. The van der Waals surface area contributed by atoms with Gasteiger partial charge in [0.25, 0.3) is 17.3 Å². The van der Waals surface area contributed by atoms with Gasteiger partial charge in [-0.3, -0.25) is 14.7 Å². The van der Waals surface area contributed by atoms with Crippen molar-refractivity contribution < 1.29 is 90.9 Å². The molecule has 0 atom stereocenters. The third-order valence-electron chi connectivity index (χ3n) is 1.59. The summed E-state index contributed by atoms with van der Waals surface area (Å²) in [6, 6.07) is 0. The number of carboxylic acid groups (broad SMARTS) is 3. The van der Waals surface area contributed by atoms with E-state index in [2.05, 4.69) is 44.4 Å². The maximum Gasteiger partial charge on any atom is 0.379 e. The number of hydrogen-bond acceptors (Lipinski definition) is 12. The molecule has 0 amide bonds. The number of aliphatic carboxylic acids is 3. The summed E-state index contributed by atoms with van der Waals surface area (Å²) in [7, 11) is 0. The number of carbonyl (C=O) groups is 3. The number of rotatable bonds is 3. The minimum Gasteiger partial charge on any atom is -0.475 e. The first-order valence-electron chi connectivity index (χ1n) is 5.22. The summed E-state index contributed by atoms with van der Waals surface area (Å²) in [5.74, 6) is -4.73. The van der Waals surface area contributed by atoms with E-state index < -0.39 is 17.9 Å².